The van der Waals surface area contributed by atoms with Crippen molar-refractivity contribution in [2.75, 3.05) is 0 Å². The lowest BCUT2D eigenvalue weighted by Crippen LogP contribution is -2.23. The molecular weight excluding hydrogens is 168 g/mol. The van der Waals surface area contributed by atoms with E-state index in [4.69, 9.17) is 0 Å². The average molecular weight is 192 g/mol. The molecule has 0 nitrogen and oxygen atoms in total. The molecule has 0 spiro atoms. The van der Waals surface area contributed by atoms with Gasteiger partial charge in [0.2, 0.25) is 0 Å². The van der Waals surface area contributed by atoms with Crippen molar-refractivity contribution in [1.82, 2.24) is 0 Å². The van der Waals surface area contributed by atoms with Crippen molar-refractivity contribution in [1.29, 1.82) is 0 Å². The van der Waals surface area contributed by atoms with Crippen LogP contribution in [-0.4, -0.2) is 0 Å². The van der Waals surface area contributed by atoms with E-state index in [0.717, 1.165) is 17.8 Å². The highest BCUT2D eigenvalue weighted by Crippen LogP contribution is 2.37. The molecule has 0 bridgehead atoms. The molecule has 1 unspecified atom stereocenters. The summed E-state index contributed by atoms with van der Waals surface area (Å²) in [5.74, 6) is 3.04. The maximum absolute atomic E-state index is 2.51. The Labute approximate surface area is 88.8 Å². The topological polar surface area (TPSA) is 0 Å². The number of rotatable bonds is 2. The van der Waals surface area contributed by atoms with Crippen molar-refractivity contribution in [3.8, 4) is 0 Å². The SMILES string of the molecule is CC(C1CCCCC1)[C@@H]1CC=CCC1. The van der Waals surface area contributed by atoms with Crippen molar-refractivity contribution in [2.45, 2.75) is 58.3 Å². The zero-order chi connectivity index (χ0) is 9.80. The second kappa shape index (κ2) is 5.00. The smallest absolute Gasteiger partial charge is 0.0319 e. The summed E-state index contributed by atoms with van der Waals surface area (Å²) in [5.41, 5.74) is 0. The van der Waals surface area contributed by atoms with E-state index in [0.29, 0.717) is 0 Å². The first kappa shape index (κ1) is 10.3. The summed E-state index contributed by atoms with van der Waals surface area (Å²) >= 11 is 0. The summed E-state index contributed by atoms with van der Waals surface area (Å²) < 4.78 is 0. The van der Waals surface area contributed by atoms with Crippen LogP contribution in [0, 0.1) is 17.8 Å². The van der Waals surface area contributed by atoms with Crippen LogP contribution in [0.1, 0.15) is 58.3 Å². The zero-order valence-corrected chi connectivity index (χ0v) is 9.54. The molecule has 80 valence electrons. The van der Waals surface area contributed by atoms with E-state index in [2.05, 4.69) is 19.1 Å². The fraction of sp³-hybridized carbons (Fsp3) is 0.857. The highest BCUT2D eigenvalue weighted by atomic mass is 14.3. The second-order valence-electron chi connectivity index (χ2n) is 5.30. The van der Waals surface area contributed by atoms with Gasteiger partial charge in [0.25, 0.3) is 0 Å². The zero-order valence-electron chi connectivity index (χ0n) is 9.54. The molecule has 14 heavy (non-hydrogen) atoms. The summed E-state index contributed by atoms with van der Waals surface area (Å²) in [6.07, 6.45) is 16.4. The molecule has 2 rings (SSSR count). The van der Waals surface area contributed by atoms with Gasteiger partial charge in [-0.25, -0.2) is 0 Å². The molecule has 1 saturated carbocycles. The minimum atomic E-state index is 0.986. The minimum absolute atomic E-state index is 0.986. The summed E-state index contributed by atoms with van der Waals surface area (Å²) in [7, 11) is 0. The van der Waals surface area contributed by atoms with Crippen LogP contribution in [0.5, 0.6) is 0 Å². The first-order valence-electron chi connectivity index (χ1n) is 6.53. The van der Waals surface area contributed by atoms with E-state index >= 15 is 0 Å². The molecule has 0 aromatic heterocycles. The predicted molar refractivity (Wildman–Crippen MR) is 62.2 cm³/mol. The van der Waals surface area contributed by atoms with E-state index in [9.17, 15) is 0 Å². The minimum Gasteiger partial charge on any atom is -0.0885 e. The Morgan fingerprint density at radius 3 is 2.36 bits per heavy atom. The molecule has 0 N–H and O–H groups in total. The van der Waals surface area contributed by atoms with Crippen molar-refractivity contribution >= 4 is 0 Å². The third kappa shape index (κ3) is 2.40. The van der Waals surface area contributed by atoms with Crippen LogP contribution in [0.25, 0.3) is 0 Å². The molecule has 0 radical (unpaired) electrons. The van der Waals surface area contributed by atoms with Crippen molar-refractivity contribution in [2.24, 2.45) is 17.8 Å². The Kier molecular flexibility index (Phi) is 3.67. The Morgan fingerprint density at radius 1 is 0.929 bits per heavy atom. The van der Waals surface area contributed by atoms with E-state index < -0.39 is 0 Å². The third-order valence-electron chi connectivity index (χ3n) is 4.45. The van der Waals surface area contributed by atoms with Crippen LogP contribution in [-0.2, 0) is 0 Å². The van der Waals surface area contributed by atoms with E-state index in [1.165, 1.54) is 51.4 Å². The standard InChI is InChI=1S/C14H24/c1-12(13-8-4-2-5-9-13)14-10-6-3-7-11-14/h2,4,12-14H,3,5-11H2,1H3/t12?,13-/m1/s1. The molecule has 0 heterocycles. The van der Waals surface area contributed by atoms with Gasteiger partial charge in [-0.1, -0.05) is 51.2 Å². The molecule has 0 amide bonds. The monoisotopic (exact) mass is 192 g/mol. The average Bonchev–Trinajstić information content (AvgIpc) is 2.30. The van der Waals surface area contributed by atoms with Gasteiger partial charge in [0.15, 0.2) is 0 Å². The van der Waals surface area contributed by atoms with Gasteiger partial charge >= 0.3 is 0 Å². The van der Waals surface area contributed by atoms with Crippen LogP contribution in [0.2, 0.25) is 0 Å². The highest BCUT2D eigenvalue weighted by Gasteiger charge is 2.26. The number of hydrogen-bond acceptors (Lipinski definition) is 0. The van der Waals surface area contributed by atoms with Gasteiger partial charge in [-0.05, 0) is 37.0 Å². The molecule has 1 fully saturated rings. The Hall–Kier alpha value is -0.260. The maximum atomic E-state index is 2.51. The fourth-order valence-corrected chi connectivity index (χ4v) is 3.34. The summed E-state index contributed by atoms with van der Waals surface area (Å²) in [5, 5.41) is 0. The Balaban J connectivity index is 1.86. The molecule has 0 saturated heterocycles. The molecule has 2 atom stereocenters. The van der Waals surface area contributed by atoms with Crippen LogP contribution in [0.3, 0.4) is 0 Å². The first-order valence-corrected chi connectivity index (χ1v) is 6.53. The quantitative estimate of drug-likeness (QED) is 0.563. The lowest BCUT2D eigenvalue weighted by Gasteiger charge is -2.34. The van der Waals surface area contributed by atoms with Gasteiger partial charge in [0, 0.05) is 0 Å². The summed E-state index contributed by atoms with van der Waals surface area (Å²) in [6, 6.07) is 0. The van der Waals surface area contributed by atoms with Crippen molar-refractivity contribution in [3.63, 3.8) is 0 Å². The van der Waals surface area contributed by atoms with Crippen molar-refractivity contribution in [3.05, 3.63) is 12.2 Å². The molecule has 0 aromatic carbocycles. The normalized spacial score (nSPS) is 31.6. The molecule has 0 aliphatic heterocycles. The van der Waals surface area contributed by atoms with Gasteiger partial charge < -0.3 is 0 Å². The molecular formula is C14H24. The lowest BCUT2D eigenvalue weighted by atomic mass is 9.72. The summed E-state index contributed by atoms with van der Waals surface area (Å²) in [4.78, 5) is 0. The first-order chi connectivity index (χ1) is 6.88. The van der Waals surface area contributed by atoms with Crippen LogP contribution >= 0.6 is 0 Å². The molecule has 0 aromatic rings. The second-order valence-corrected chi connectivity index (χ2v) is 5.30. The highest BCUT2D eigenvalue weighted by molar-refractivity contribution is 4.92. The van der Waals surface area contributed by atoms with Crippen LogP contribution in [0.4, 0.5) is 0 Å². The van der Waals surface area contributed by atoms with Crippen molar-refractivity contribution < 1.29 is 0 Å². The van der Waals surface area contributed by atoms with Gasteiger partial charge in [-0.2, -0.15) is 0 Å². The number of allylic oxidation sites excluding steroid dienone is 2. The van der Waals surface area contributed by atoms with Crippen LogP contribution < -0.4 is 0 Å². The van der Waals surface area contributed by atoms with E-state index in [-0.39, 0.29) is 0 Å². The van der Waals surface area contributed by atoms with Gasteiger partial charge in [0.1, 0.15) is 0 Å². The van der Waals surface area contributed by atoms with Gasteiger partial charge in [-0.15, -0.1) is 0 Å². The Bertz CT molecular complexity index is 186. The number of hydrogen-bond donors (Lipinski definition) is 0. The van der Waals surface area contributed by atoms with E-state index in [1.54, 1.807) is 0 Å². The fourth-order valence-electron chi connectivity index (χ4n) is 3.34. The van der Waals surface area contributed by atoms with E-state index in [1.807, 2.05) is 0 Å². The predicted octanol–water partition coefficient (Wildman–Crippen LogP) is 4.56. The summed E-state index contributed by atoms with van der Waals surface area (Å²) in [6.45, 7) is 2.51. The largest absolute Gasteiger partial charge is 0.0885 e. The lowest BCUT2D eigenvalue weighted by molar-refractivity contribution is 0.184. The molecule has 2 aliphatic carbocycles. The van der Waals surface area contributed by atoms with Gasteiger partial charge in [0.05, 0.1) is 0 Å². The third-order valence-corrected chi connectivity index (χ3v) is 4.45. The Morgan fingerprint density at radius 2 is 1.71 bits per heavy atom. The molecule has 0 heteroatoms. The van der Waals surface area contributed by atoms with Gasteiger partial charge in [-0.3, -0.25) is 0 Å². The molecule has 2 aliphatic rings. The maximum Gasteiger partial charge on any atom is -0.0319 e. The van der Waals surface area contributed by atoms with Crippen LogP contribution in [0.15, 0.2) is 12.2 Å².